The third-order valence-electron chi connectivity index (χ3n) is 4.39. The Morgan fingerprint density at radius 3 is 2.53 bits per heavy atom. The number of amides is 1. The summed E-state index contributed by atoms with van der Waals surface area (Å²) >= 11 is 0. The van der Waals surface area contributed by atoms with Crippen LogP contribution in [0.3, 0.4) is 0 Å². The van der Waals surface area contributed by atoms with Gasteiger partial charge >= 0.3 is 6.09 Å². The van der Waals surface area contributed by atoms with Crippen molar-refractivity contribution in [2.45, 2.75) is 56.8 Å². The van der Waals surface area contributed by atoms with Gasteiger partial charge in [-0.25, -0.2) is 18.2 Å². The van der Waals surface area contributed by atoms with Crippen LogP contribution in [0, 0.1) is 0 Å². The largest absolute Gasteiger partial charge is 0.444 e. The molecule has 3 rings (SSSR count). The highest BCUT2D eigenvalue weighted by Gasteiger charge is 2.27. The van der Waals surface area contributed by atoms with E-state index in [1.54, 1.807) is 4.90 Å². The van der Waals surface area contributed by atoms with Crippen molar-refractivity contribution in [1.82, 2.24) is 20.0 Å². The highest BCUT2D eigenvalue weighted by atomic mass is 32.2. The Morgan fingerprint density at radius 2 is 1.97 bits per heavy atom. The van der Waals surface area contributed by atoms with Gasteiger partial charge in [0.05, 0.1) is 11.0 Å². The Hall–Kier alpha value is -2.53. The SMILES string of the molecule is CC(C)(C)OC(=O)N1CCC(OCc2noc(-c3ccc(S(C)(=O)=O)cn3)n2)CC1. The van der Waals surface area contributed by atoms with E-state index in [1.165, 1.54) is 18.3 Å². The minimum atomic E-state index is -3.32. The van der Waals surface area contributed by atoms with E-state index >= 15 is 0 Å². The summed E-state index contributed by atoms with van der Waals surface area (Å²) in [6, 6.07) is 2.96. The molecular weight excluding hydrogens is 412 g/mol. The van der Waals surface area contributed by atoms with E-state index in [0.717, 1.165) is 6.26 Å². The number of ether oxygens (including phenoxy) is 2. The maximum atomic E-state index is 12.1. The summed E-state index contributed by atoms with van der Waals surface area (Å²) in [5.74, 6) is 0.557. The van der Waals surface area contributed by atoms with Crippen molar-refractivity contribution in [1.29, 1.82) is 0 Å². The molecule has 164 valence electrons. The lowest BCUT2D eigenvalue weighted by Gasteiger charge is -2.33. The second-order valence-corrected chi connectivity index (χ2v) is 10.2. The molecule has 1 fully saturated rings. The van der Waals surface area contributed by atoms with Crippen LogP contribution in [0.1, 0.15) is 39.4 Å². The Bertz CT molecular complexity index is 973. The molecule has 1 aliphatic heterocycles. The molecule has 3 heterocycles. The molecule has 0 bridgehead atoms. The molecule has 2 aromatic heterocycles. The Labute approximate surface area is 175 Å². The number of hydrogen-bond donors (Lipinski definition) is 0. The summed E-state index contributed by atoms with van der Waals surface area (Å²) in [4.78, 5) is 22.2. The fourth-order valence-corrected chi connectivity index (χ4v) is 3.43. The van der Waals surface area contributed by atoms with Crippen molar-refractivity contribution >= 4 is 15.9 Å². The third-order valence-corrected chi connectivity index (χ3v) is 5.49. The average Bonchev–Trinajstić information content (AvgIpc) is 3.14. The summed E-state index contributed by atoms with van der Waals surface area (Å²) in [6.45, 7) is 6.82. The predicted molar refractivity (Wildman–Crippen MR) is 106 cm³/mol. The Balaban J connectivity index is 1.49. The monoisotopic (exact) mass is 438 g/mol. The molecule has 0 unspecified atom stereocenters. The van der Waals surface area contributed by atoms with Crippen LogP contribution < -0.4 is 0 Å². The van der Waals surface area contributed by atoms with Crippen LogP contribution in [0.5, 0.6) is 0 Å². The minimum absolute atomic E-state index is 0.0159. The molecule has 0 saturated carbocycles. The maximum Gasteiger partial charge on any atom is 0.410 e. The van der Waals surface area contributed by atoms with Gasteiger partial charge in [0.2, 0.25) is 0 Å². The van der Waals surface area contributed by atoms with Crippen LogP contribution in [0.2, 0.25) is 0 Å². The average molecular weight is 439 g/mol. The highest BCUT2D eigenvalue weighted by Crippen LogP contribution is 2.20. The molecular formula is C19H26N4O6S. The van der Waals surface area contributed by atoms with Crippen LogP contribution in [0.4, 0.5) is 4.79 Å². The zero-order valence-electron chi connectivity index (χ0n) is 17.5. The first kappa shape index (κ1) is 22.2. The molecule has 0 atom stereocenters. The van der Waals surface area contributed by atoms with E-state index in [-0.39, 0.29) is 29.6 Å². The molecule has 1 aliphatic rings. The van der Waals surface area contributed by atoms with Gasteiger partial charge in [0.25, 0.3) is 5.89 Å². The fraction of sp³-hybridized carbons (Fsp3) is 0.579. The number of hydrogen-bond acceptors (Lipinski definition) is 9. The van der Waals surface area contributed by atoms with E-state index in [1.807, 2.05) is 20.8 Å². The van der Waals surface area contributed by atoms with Crippen LogP contribution in [0.25, 0.3) is 11.6 Å². The van der Waals surface area contributed by atoms with Crippen molar-refractivity contribution in [3.05, 3.63) is 24.2 Å². The first-order valence-corrected chi connectivity index (χ1v) is 11.5. The molecule has 0 aromatic carbocycles. The molecule has 1 amide bonds. The lowest BCUT2D eigenvalue weighted by atomic mass is 10.1. The summed E-state index contributed by atoms with van der Waals surface area (Å²) in [7, 11) is -3.32. The maximum absolute atomic E-state index is 12.1. The van der Waals surface area contributed by atoms with E-state index in [4.69, 9.17) is 14.0 Å². The van der Waals surface area contributed by atoms with Gasteiger partial charge in [-0.05, 0) is 45.7 Å². The van der Waals surface area contributed by atoms with Crippen LogP contribution in [0.15, 0.2) is 27.7 Å². The zero-order chi connectivity index (χ0) is 21.9. The van der Waals surface area contributed by atoms with Crippen molar-refractivity contribution < 1.29 is 27.2 Å². The predicted octanol–water partition coefficient (Wildman–Crippen LogP) is 2.45. The molecule has 11 heteroatoms. The molecule has 0 N–H and O–H groups in total. The van der Waals surface area contributed by atoms with E-state index < -0.39 is 15.4 Å². The fourth-order valence-electron chi connectivity index (χ4n) is 2.87. The zero-order valence-corrected chi connectivity index (χ0v) is 18.3. The van der Waals surface area contributed by atoms with Gasteiger partial charge in [-0.2, -0.15) is 4.98 Å². The number of carbonyl (C=O) groups excluding carboxylic acids is 1. The van der Waals surface area contributed by atoms with Crippen LogP contribution >= 0.6 is 0 Å². The van der Waals surface area contributed by atoms with Crippen molar-refractivity contribution in [3.8, 4) is 11.6 Å². The van der Waals surface area contributed by atoms with Crippen molar-refractivity contribution in [2.75, 3.05) is 19.3 Å². The number of rotatable bonds is 5. The normalized spacial score (nSPS) is 15.9. The lowest BCUT2D eigenvalue weighted by molar-refractivity contribution is -0.0190. The van der Waals surface area contributed by atoms with Gasteiger partial charge in [0.1, 0.15) is 17.9 Å². The standard InChI is InChI=1S/C19H26N4O6S/c1-19(2,3)28-18(24)23-9-7-13(8-10-23)27-12-16-21-17(29-22-16)15-6-5-14(11-20-15)30(4,25)26/h5-6,11,13H,7-10,12H2,1-4H3. The second-order valence-electron chi connectivity index (χ2n) is 8.14. The molecule has 10 nitrogen and oxygen atoms in total. The number of carbonyl (C=O) groups is 1. The van der Waals surface area contributed by atoms with Gasteiger partial charge in [0.15, 0.2) is 15.7 Å². The number of sulfone groups is 1. The molecule has 1 saturated heterocycles. The topological polar surface area (TPSA) is 125 Å². The molecule has 0 aliphatic carbocycles. The molecule has 0 spiro atoms. The number of likely N-dealkylation sites (tertiary alicyclic amines) is 1. The molecule has 2 aromatic rings. The summed E-state index contributed by atoms with van der Waals surface area (Å²) in [5.41, 5.74) is -0.132. The van der Waals surface area contributed by atoms with Gasteiger partial charge in [-0.1, -0.05) is 5.16 Å². The van der Waals surface area contributed by atoms with Gasteiger partial charge in [-0.15, -0.1) is 0 Å². The number of aromatic nitrogens is 3. The van der Waals surface area contributed by atoms with Crippen molar-refractivity contribution in [3.63, 3.8) is 0 Å². The lowest BCUT2D eigenvalue weighted by Crippen LogP contribution is -2.43. The van der Waals surface area contributed by atoms with E-state index in [2.05, 4.69) is 15.1 Å². The summed E-state index contributed by atoms with van der Waals surface area (Å²) in [6.07, 6.45) is 3.43. The first-order chi connectivity index (χ1) is 14.0. The van der Waals surface area contributed by atoms with Crippen LogP contribution in [-0.2, 0) is 25.9 Å². The Kier molecular flexibility index (Phi) is 6.41. The third kappa shape index (κ3) is 5.99. The van der Waals surface area contributed by atoms with Crippen LogP contribution in [-0.4, -0.2) is 65.6 Å². The smallest absolute Gasteiger partial charge is 0.410 e. The van der Waals surface area contributed by atoms with Gasteiger partial charge in [-0.3, -0.25) is 0 Å². The first-order valence-electron chi connectivity index (χ1n) is 9.60. The summed E-state index contributed by atoms with van der Waals surface area (Å²) in [5, 5.41) is 3.88. The number of pyridine rings is 1. The summed E-state index contributed by atoms with van der Waals surface area (Å²) < 4.78 is 39.4. The number of nitrogens with zero attached hydrogens (tertiary/aromatic N) is 4. The van der Waals surface area contributed by atoms with Crippen molar-refractivity contribution in [2.24, 2.45) is 0 Å². The molecule has 0 radical (unpaired) electrons. The Morgan fingerprint density at radius 1 is 1.27 bits per heavy atom. The van der Waals surface area contributed by atoms with E-state index in [0.29, 0.717) is 37.4 Å². The van der Waals surface area contributed by atoms with Gasteiger partial charge in [0, 0.05) is 25.5 Å². The minimum Gasteiger partial charge on any atom is -0.444 e. The second kappa shape index (κ2) is 8.68. The van der Waals surface area contributed by atoms with Gasteiger partial charge < -0.3 is 18.9 Å². The number of piperidine rings is 1. The quantitative estimate of drug-likeness (QED) is 0.692. The molecule has 30 heavy (non-hydrogen) atoms. The highest BCUT2D eigenvalue weighted by molar-refractivity contribution is 7.90. The van der Waals surface area contributed by atoms with E-state index in [9.17, 15) is 13.2 Å².